The maximum Gasteiger partial charge on any atom is 0.258 e. The van der Waals surface area contributed by atoms with E-state index in [-0.39, 0.29) is 24.0 Å². The maximum atomic E-state index is 11.6. The van der Waals surface area contributed by atoms with Crippen molar-refractivity contribution in [1.82, 2.24) is 5.32 Å². The number of amides is 1. The Balaban J connectivity index is 1.79. The van der Waals surface area contributed by atoms with Crippen molar-refractivity contribution < 1.29 is 9.53 Å². The lowest BCUT2D eigenvalue weighted by Crippen LogP contribution is -2.32. The van der Waals surface area contributed by atoms with Gasteiger partial charge >= 0.3 is 0 Å². The van der Waals surface area contributed by atoms with Gasteiger partial charge in [-0.1, -0.05) is 26.0 Å². The van der Waals surface area contributed by atoms with Crippen molar-refractivity contribution in [2.45, 2.75) is 26.3 Å². The van der Waals surface area contributed by atoms with Gasteiger partial charge in [-0.25, -0.2) is 0 Å². The van der Waals surface area contributed by atoms with E-state index in [0.717, 1.165) is 6.42 Å². The Labute approximate surface area is 101 Å². The second-order valence-electron chi connectivity index (χ2n) is 5.14. The minimum Gasteiger partial charge on any atom is -0.482 e. The van der Waals surface area contributed by atoms with E-state index in [9.17, 15) is 4.79 Å². The number of benzene rings is 1. The summed E-state index contributed by atoms with van der Waals surface area (Å²) < 4.78 is 5.36. The van der Waals surface area contributed by atoms with Gasteiger partial charge in [0, 0.05) is 6.04 Å². The molecule has 0 aliphatic heterocycles. The fraction of sp³-hybridized carbons (Fsp3) is 0.462. The first-order valence-electron chi connectivity index (χ1n) is 5.76. The van der Waals surface area contributed by atoms with Gasteiger partial charge in [0.2, 0.25) is 0 Å². The number of carbonyl (C=O) groups excluding carboxylic acids is 1. The number of nitrogens with two attached hydrogens (primary N) is 1. The SMILES string of the molecule is CC1(C)CC1NC(=O)COc1ccccc1N. The van der Waals surface area contributed by atoms with Crippen LogP contribution in [0.3, 0.4) is 0 Å². The van der Waals surface area contributed by atoms with Gasteiger partial charge in [-0.15, -0.1) is 0 Å². The molecule has 92 valence electrons. The number of ether oxygens (including phenoxy) is 1. The third-order valence-corrected chi connectivity index (χ3v) is 3.13. The molecule has 1 amide bonds. The number of nitrogen functional groups attached to an aromatic ring is 1. The minimum atomic E-state index is -0.0937. The summed E-state index contributed by atoms with van der Waals surface area (Å²) in [6.07, 6.45) is 1.03. The molecule has 1 saturated carbocycles. The number of rotatable bonds is 4. The molecule has 0 radical (unpaired) electrons. The molecular formula is C13H18N2O2. The maximum absolute atomic E-state index is 11.6. The standard InChI is InChI=1S/C13H18N2O2/c1-13(2)7-11(13)15-12(16)8-17-10-6-4-3-5-9(10)14/h3-6,11H,7-8,14H2,1-2H3,(H,15,16). The van der Waals surface area contributed by atoms with Crippen LogP contribution < -0.4 is 15.8 Å². The highest BCUT2D eigenvalue weighted by molar-refractivity contribution is 5.78. The molecule has 3 N–H and O–H groups in total. The summed E-state index contributed by atoms with van der Waals surface area (Å²) in [6.45, 7) is 4.28. The molecule has 1 unspecified atom stereocenters. The van der Waals surface area contributed by atoms with Crippen molar-refractivity contribution in [2.75, 3.05) is 12.3 Å². The summed E-state index contributed by atoms with van der Waals surface area (Å²) in [5, 5.41) is 2.93. The fourth-order valence-corrected chi connectivity index (χ4v) is 1.70. The van der Waals surface area contributed by atoms with E-state index in [0.29, 0.717) is 11.4 Å². The Morgan fingerprint density at radius 2 is 2.18 bits per heavy atom. The molecule has 1 aromatic rings. The molecule has 2 rings (SSSR count). The molecule has 0 heterocycles. The highest BCUT2D eigenvalue weighted by Crippen LogP contribution is 2.44. The highest BCUT2D eigenvalue weighted by Gasteiger charge is 2.46. The zero-order valence-corrected chi connectivity index (χ0v) is 10.2. The zero-order valence-electron chi connectivity index (χ0n) is 10.2. The van der Waals surface area contributed by atoms with Crippen molar-refractivity contribution >= 4 is 11.6 Å². The van der Waals surface area contributed by atoms with Gasteiger partial charge in [0.15, 0.2) is 6.61 Å². The first-order valence-corrected chi connectivity index (χ1v) is 5.76. The second kappa shape index (κ2) is 4.28. The molecule has 1 aliphatic rings. The van der Waals surface area contributed by atoms with Crippen molar-refractivity contribution in [3.05, 3.63) is 24.3 Å². The average Bonchev–Trinajstić information content (AvgIpc) is 2.85. The molecule has 1 aromatic carbocycles. The summed E-state index contributed by atoms with van der Waals surface area (Å²) in [7, 11) is 0. The molecule has 0 aromatic heterocycles. The van der Waals surface area contributed by atoms with Gasteiger partial charge < -0.3 is 15.8 Å². The van der Waals surface area contributed by atoms with Crippen LogP contribution in [0.4, 0.5) is 5.69 Å². The summed E-state index contributed by atoms with van der Waals surface area (Å²) in [6, 6.07) is 7.44. The number of hydrogen-bond donors (Lipinski definition) is 2. The van der Waals surface area contributed by atoms with Gasteiger partial charge in [0.1, 0.15) is 5.75 Å². The summed E-state index contributed by atoms with van der Waals surface area (Å²) in [5.74, 6) is 0.460. The number of anilines is 1. The second-order valence-corrected chi connectivity index (χ2v) is 5.14. The topological polar surface area (TPSA) is 64.3 Å². The quantitative estimate of drug-likeness (QED) is 0.777. The minimum absolute atomic E-state index is 0.0147. The van der Waals surface area contributed by atoms with E-state index < -0.39 is 0 Å². The number of carbonyl (C=O) groups is 1. The first kappa shape index (κ1) is 11.8. The Kier molecular flexibility index (Phi) is 2.96. The Hall–Kier alpha value is -1.71. The molecule has 0 spiro atoms. The normalized spacial score (nSPS) is 20.7. The zero-order chi connectivity index (χ0) is 12.5. The van der Waals surface area contributed by atoms with Crippen LogP contribution in [0.5, 0.6) is 5.75 Å². The smallest absolute Gasteiger partial charge is 0.258 e. The third kappa shape index (κ3) is 2.90. The van der Waals surface area contributed by atoms with Crippen LogP contribution in [0.1, 0.15) is 20.3 Å². The largest absolute Gasteiger partial charge is 0.482 e. The first-order chi connectivity index (χ1) is 7.99. The summed E-state index contributed by atoms with van der Waals surface area (Å²) in [5.41, 5.74) is 6.49. The van der Waals surface area contributed by atoms with Crippen LogP contribution in [0.15, 0.2) is 24.3 Å². The third-order valence-electron chi connectivity index (χ3n) is 3.13. The number of para-hydroxylation sites is 2. The van der Waals surface area contributed by atoms with Gasteiger partial charge in [0.05, 0.1) is 5.69 Å². The molecule has 1 atom stereocenters. The Morgan fingerprint density at radius 3 is 2.76 bits per heavy atom. The summed E-state index contributed by atoms with van der Waals surface area (Å²) >= 11 is 0. The van der Waals surface area contributed by atoms with Crippen LogP contribution >= 0.6 is 0 Å². The van der Waals surface area contributed by atoms with E-state index in [1.165, 1.54) is 0 Å². The monoisotopic (exact) mass is 234 g/mol. The molecule has 0 bridgehead atoms. The predicted molar refractivity (Wildman–Crippen MR) is 66.7 cm³/mol. The average molecular weight is 234 g/mol. The van der Waals surface area contributed by atoms with Crippen LogP contribution in [0, 0.1) is 5.41 Å². The fourth-order valence-electron chi connectivity index (χ4n) is 1.70. The molecule has 1 fully saturated rings. The van der Waals surface area contributed by atoms with Crippen LogP contribution in [-0.2, 0) is 4.79 Å². The summed E-state index contributed by atoms with van der Waals surface area (Å²) in [4.78, 5) is 11.6. The van der Waals surface area contributed by atoms with E-state index in [2.05, 4.69) is 19.2 Å². The van der Waals surface area contributed by atoms with Crippen LogP contribution in [-0.4, -0.2) is 18.6 Å². The molecule has 1 aliphatic carbocycles. The van der Waals surface area contributed by atoms with E-state index in [1.54, 1.807) is 12.1 Å². The molecule has 4 nitrogen and oxygen atoms in total. The Bertz CT molecular complexity index is 429. The molecule has 17 heavy (non-hydrogen) atoms. The molecular weight excluding hydrogens is 216 g/mol. The van der Waals surface area contributed by atoms with Crippen molar-refractivity contribution in [2.24, 2.45) is 5.41 Å². The highest BCUT2D eigenvalue weighted by atomic mass is 16.5. The van der Waals surface area contributed by atoms with Crippen molar-refractivity contribution in [1.29, 1.82) is 0 Å². The van der Waals surface area contributed by atoms with E-state index >= 15 is 0 Å². The Morgan fingerprint density at radius 1 is 1.53 bits per heavy atom. The molecule has 4 heteroatoms. The van der Waals surface area contributed by atoms with E-state index in [4.69, 9.17) is 10.5 Å². The van der Waals surface area contributed by atoms with Crippen molar-refractivity contribution in [3.8, 4) is 5.75 Å². The molecule has 0 saturated heterocycles. The lowest BCUT2D eigenvalue weighted by atomic mass is 10.2. The van der Waals surface area contributed by atoms with Gasteiger partial charge in [-0.05, 0) is 24.0 Å². The van der Waals surface area contributed by atoms with Crippen LogP contribution in [0.2, 0.25) is 0 Å². The number of hydrogen-bond acceptors (Lipinski definition) is 3. The predicted octanol–water partition coefficient (Wildman–Crippen LogP) is 1.56. The lowest BCUT2D eigenvalue weighted by Gasteiger charge is -2.09. The lowest BCUT2D eigenvalue weighted by molar-refractivity contribution is -0.123. The van der Waals surface area contributed by atoms with E-state index in [1.807, 2.05) is 12.1 Å². The van der Waals surface area contributed by atoms with Gasteiger partial charge in [-0.3, -0.25) is 4.79 Å². The van der Waals surface area contributed by atoms with Gasteiger partial charge in [0.25, 0.3) is 5.91 Å². The van der Waals surface area contributed by atoms with Crippen molar-refractivity contribution in [3.63, 3.8) is 0 Å². The number of nitrogens with one attached hydrogen (secondary N) is 1. The van der Waals surface area contributed by atoms with Gasteiger partial charge in [-0.2, -0.15) is 0 Å². The van der Waals surface area contributed by atoms with Crippen LogP contribution in [0.25, 0.3) is 0 Å².